The van der Waals surface area contributed by atoms with Gasteiger partial charge in [0.05, 0.1) is 28.2 Å². The summed E-state index contributed by atoms with van der Waals surface area (Å²) in [6.07, 6.45) is 1.55. The number of benzene rings is 4. The van der Waals surface area contributed by atoms with Crippen molar-refractivity contribution in [2.24, 2.45) is 5.10 Å². The van der Waals surface area contributed by atoms with E-state index in [9.17, 15) is 9.59 Å². The van der Waals surface area contributed by atoms with Gasteiger partial charge in [-0.05, 0) is 76.0 Å². The first-order chi connectivity index (χ1) is 20.4. The van der Waals surface area contributed by atoms with Crippen LogP contribution in [0.15, 0.2) is 104 Å². The summed E-state index contributed by atoms with van der Waals surface area (Å²) in [7, 11) is 0. The van der Waals surface area contributed by atoms with Crippen LogP contribution in [-0.4, -0.2) is 35.0 Å². The van der Waals surface area contributed by atoms with Gasteiger partial charge in [-0.1, -0.05) is 60.2 Å². The van der Waals surface area contributed by atoms with Gasteiger partial charge in [0.1, 0.15) is 0 Å². The fourth-order valence-electron chi connectivity index (χ4n) is 4.19. The normalized spacial score (nSPS) is 11.1. The molecule has 4 aromatic carbocycles. The van der Waals surface area contributed by atoms with Crippen LogP contribution in [0.25, 0.3) is 22.3 Å². The number of nitrogens with one attached hydrogen (secondary N) is 1. The number of ether oxygens (including phenoxy) is 2. The molecular formula is C32H26Br2N4O4. The number of anilines is 1. The van der Waals surface area contributed by atoms with Crippen molar-refractivity contribution < 1.29 is 14.3 Å². The maximum atomic E-state index is 13.5. The third-order valence-corrected chi connectivity index (χ3v) is 8.38. The molecule has 0 spiro atoms. The molecule has 1 heterocycles. The Kier molecular flexibility index (Phi) is 9.14. The number of halogens is 2. The van der Waals surface area contributed by atoms with E-state index in [1.807, 2.05) is 74.5 Å². The second-order valence-electron chi connectivity index (χ2n) is 9.24. The number of aromatic nitrogens is 2. The van der Waals surface area contributed by atoms with E-state index < -0.39 is 0 Å². The molecule has 5 rings (SSSR count). The Labute approximate surface area is 259 Å². The second-order valence-corrected chi connectivity index (χ2v) is 10.8. The molecule has 212 valence electrons. The van der Waals surface area contributed by atoms with E-state index in [1.54, 1.807) is 30.5 Å². The largest absolute Gasteiger partial charge is 0.490 e. The zero-order valence-electron chi connectivity index (χ0n) is 22.8. The third kappa shape index (κ3) is 6.45. The fourth-order valence-corrected chi connectivity index (χ4v) is 5.13. The molecule has 0 aliphatic carbocycles. The highest BCUT2D eigenvalue weighted by molar-refractivity contribution is 9.13. The minimum atomic E-state index is -0.313. The summed E-state index contributed by atoms with van der Waals surface area (Å²) in [4.78, 5) is 30.8. The van der Waals surface area contributed by atoms with Crippen LogP contribution in [0.4, 0.5) is 5.69 Å². The zero-order chi connectivity index (χ0) is 29.6. The average molecular weight is 690 g/mol. The van der Waals surface area contributed by atoms with Gasteiger partial charge in [-0.25, -0.2) is 4.98 Å². The van der Waals surface area contributed by atoms with Crippen LogP contribution < -0.4 is 20.3 Å². The molecule has 0 aliphatic heterocycles. The first kappa shape index (κ1) is 29.2. The average Bonchev–Trinajstić information content (AvgIpc) is 3.00. The first-order valence-electron chi connectivity index (χ1n) is 13.1. The summed E-state index contributed by atoms with van der Waals surface area (Å²) in [6.45, 7) is 3.96. The van der Waals surface area contributed by atoms with Crippen molar-refractivity contribution in [3.8, 4) is 22.9 Å². The van der Waals surface area contributed by atoms with Crippen LogP contribution in [0.1, 0.15) is 18.1 Å². The lowest BCUT2D eigenvalue weighted by Gasteiger charge is -2.16. The predicted octanol–water partition coefficient (Wildman–Crippen LogP) is 7.20. The topological polar surface area (TPSA) is 94.8 Å². The van der Waals surface area contributed by atoms with Gasteiger partial charge in [0, 0.05) is 21.3 Å². The van der Waals surface area contributed by atoms with Gasteiger partial charge in [0.25, 0.3) is 11.5 Å². The van der Waals surface area contributed by atoms with Crippen LogP contribution in [0.5, 0.6) is 11.5 Å². The van der Waals surface area contributed by atoms with Crippen molar-refractivity contribution >= 4 is 60.6 Å². The van der Waals surface area contributed by atoms with Crippen LogP contribution in [0.2, 0.25) is 0 Å². The molecule has 0 radical (unpaired) electrons. The number of rotatable bonds is 9. The quantitative estimate of drug-likeness (QED) is 0.165. The molecule has 0 atom stereocenters. The van der Waals surface area contributed by atoms with Crippen molar-refractivity contribution in [3.63, 3.8) is 0 Å². The number of para-hydroxylation sites is 1. The molecular weight excluding hydrogens is 664 g/mol. The number of amides is 1. The number of hydrogen-bond donors (Lipinski definition) is 1. The number of fused-ring (bicyclic) bond motifs is 1. The molecule has 1 amide bonds. The van der Waals surface area contributed by atoms with Crippen molar-refractivity contribution in [3.05, 3.63) is 115 Å². The molecule has 10 heteroatoms. The highest BCUT2D eigenvalue weighted by atomic mass is 79.9. The van der Waals surface area contributed by atoms with Crippen LogP contribution in [-0.2, 0) is 4.79 Å². The Hall–Kier alpha value is -4.28. The predicted molar refractivity (Wildman–Crippen MR) is 173 cm³/mol. The van der Waals surface area contributed by atoms with E-state index in [0.717, 1.165) is 11.1 Å². The summed E-state index contributed by atoms with van der Waals surface area (Å²) in [6, 6.07) is 25.8. The lowest BCUT2D eigenvalue weighted by Crippen LogP contribution is -2.21. The monoisotopic (exact) mass is 688 g/mol. The molecule has 42 heavy (non-hydrogen) atoms. The standard InChI is InChI=1S/C32H26Br2N4O4/c1-3-41-26-17-22(28(33)29(34)30(26)42-19-27(39)36-23-15-13-20(2)14-16-23)18-35-38-31(21-9-5-4-6-10-21)37-25-12-8-7-11-24(25)32(38)40/h4-18H,3,19H2,1-2H3,(H,36,39). The summed E-state index contributed by atoms with van der Waals surface area (Å²) in [5, 5.41) is 7.84. The van der Waals surface area contributed by atoms with Crippen molar-refractivity contribution in [1.29, 1.82) is 0 Å². The van der Waals surface area contributed by atoms with Crippen LogP contribution in [0.3, 0.4) is 0 Å². The van der Waals surface area contributed by atoms with E-state index in [1.165, 1.54) is 4.68 Å². The van der Waals surface area contributed by atoms with Crippen molar-refractivity contribution in [2.75, 3.05) is 18.5 Å². The molecule has 0 aliphatic rings. The molecule has 1 aromatic heterocycles. The minimum Gasteiger partial charge on any atom is -0.490 e. The fraction of sp³-hybridized carbons (Fsp3) is 0.125. The second kappa shape index (κ2) is 13.1. The zero-order valence-corrected chi connectivity index (χ0v) is 26.0. The lowest BCUT2D eigenvalue weighted by molar-refractivity contribution is -0.118. The van der Waals surface area contributed by atoms with E-state index in [4.69, 9.17) is 14.5 Å². The number of aryl methyl sites for hydroxylation is 1. The van der Waals surface area contributed by atoms with Crippen LogP contribution >= 0.6 is 31.9 Å². The van der Waals surface area contributed by atoms with Gasteiger partial charge < -0.3 is 14.8 Å². The molecule has 0 unspecified atom stereocenters. The number of carbonyl (C=O) groups is 1. The van der Waals surface area contributed by atoms with E-state index in [-0.39, 0.29) is 18.1 Å². The summed E-state index contributed by atoms with van der Waals surface area (Å²) in [5.41, 5.74) is 3.43. The SMILES string of the molecule is CCOc1cc(C=Nn2c(-c3ccccc3)nc3ccccc3c2=O)c(Br)c(Br)c1OCC(=O)Nc1ccc(C)cc1. The Morgan fingerprint density at radius 2 is 1.69 bits per heavy atom. The van der Waals surface area contributed by atoms with Crippen molar-refractivity contribution in [2.45, 2.75) is 13.8 Å². The van der Waals surface area contributed by atoms with E-state index in [0.29, 0.717) is 55.0 Å². The smallest absolute Gasteiger partial charge is 0.282 e. The first-order valence-corrected chi connectivity index (χ1v) is 14.7. The Morgan fingerprint density at radius 3 is 2.43 bits per heavy atom. The van der Waals surface area contributed by atoms with Gasteiger partial charge in [-0.2, -0.15) is 9.78 Å². The number of hydrogen-bond acceptors (Lipinski definition) is 6. The lowest BCUT2D eigenvalue weighted by atomic mass is 10.2. The van der Waals surface area contributed by atoms with Crippen LogP contribution in [0, 0.1) is 6.92 Å². The van der Waals surface area contributed by atoms with E-state index in [2.05, 4.69) is 42.3 Å². The Balaban J connectivity index is 1.48. The molecule has 1 N–H and O–H groups in total. The third-order valence-electron chi connectivity index (χ3n) is 6.24. The summed E-state index contributed by atoms with van der Waals surface area (Å²) < 4.78 is 14.2. The molecule has 0 bridgehead atoms. The van der Waals surface area contributed by atoms with Gasteiger partial charge in [-0.3, -0.25) is 9.59 Å². The van der Waals surface area contributed by atoms with E-state index >= 15 is 0 Å². The maximum absolute atomic E-state index is 13.5. The number of carbonyl (C=O) groups excluding carboxylic acids is 1. The molecule has 0 saturated carbocycles. The van der Waals surface area contributed by atoms with Gasteiger partial charge >= 0.3 is 0 Å². The molecule has 5 aromatic rings. The number of nitrogens with zero attached hydrogens (tertiary/aromatic N) is 3. The Morgan fingerprint density at radius 1 is 0.976 bits per heavy atom. The van der Waals surface area contributed by atoms with Crippen molar-refractivity contribution in [1.82, 2.24) is 9.66 Å². The highest BCUT2D eigenvalue weighted by Crippen LogP contribution is 2.42. The van der Waals surface area contributed by atoms with Gasteiger partial charge in [0.2, 0.25) is 0 Å². The maximum Gasteiger partial charge on any atom is 0.282 e. The summed E-state index contributed by atoms with van der Waals surface area (Å²) in [5.74, 6) is 0.862. The molecule has 0 saturated heterocycles. The minimum absolute atomic E-state index is 0.231. The molecule has 8 nitrogen and oxygen atoms in total. The molecule has 0 fully saturated rings. The van der Waals surface area contributed by atoms with Gasteiger partial charge in [-0.15, -0.1) is 0 Å². The van der Waals surface area contributed by atoms with Gasteiger partial charge in [0.15, 0.2) is 23.9 Å². The summed E-state index contributed by atoms with van der Waals surface area (Å²) >= 11 is 7.18. The Bertz CT molecular complexity index is 1840. The highest BCUT2D eigenvalue weighted by Gasteiger charge is 2.19.